The van der Waals surface area contributed by atoms with Crippen LogP contribution in [-0.2, 0) is 11.3 Å². The highest BCUT2D eigenvalue weighted by Crippen LogP contribution is 2.31. The average Bonchev–Trinajstić information content (AvgIpc) is 2.74. The zero-order valence-corrected chi connectivity index (χ0v) is 11.0. The van der Waals surface area contributed by atoms with Crippen LogP contribution in [0.2, 0.25) is 0 Å². The summed E-state index contributed by atoms with van der Waals surface area (Å²) in [4.78, 5) is 25.5. The summed E-state index contributed by atoms with van der Waals surface area (Å²) in [5.74, 6) is 0. The van der Waals surface area contributed by atoms with Crippen LogP contribution in [0.5, 0.6) is 0 Å². The van der Waals surface area contributed by atoms with E-state index in [2.05, 4.69) is 4.98 Å². The SMILES string of the molecule is N#CCCn1cc([C@@H]2O[C@H](CO)[C@@H](O)[C@H]2O)c(=O)[nH]c1=O. The van der Waals surface area contributed by atoms with E-state index in [9.17, 15) is 19.8 Å². The Morgan fingerprint density at radius 3 is 2.67 bits per heavy atom. The van der Waals surface area contributed by atoms with Crippen molar-refractivity contribution < 1.29 is 20.1 Å². The Morgan fingerprint density at radius 1 is 1.38 bits per heavy atom. The summed E-state index contributed by atoms with van der Waals surface area (Å²) in [6, 6.07) is 1.87. The highest BCUT2D eigenvalue weighted by atomic mass is 16.6. The van der Waals surface area contributed by atoms with Crippen molar-refractivity contribution in [3.63, 3.8) is 0 Å². The van der Waals surface area contributed by atoms with E-state index in [1.165, 1.54) is 6.20 Å². The van der Waals surface area contributed by atoms with E-state index < -0.39 is 42.3 Å². The lowest BCUT2D eigenvalue weighted by molar-refractivity contribution is -0.0233. The third-order valence-electron chi connectivity index (χ3n) is 3.35. The Kier molecular flexibility index (Phi) is 4.54. The molecular formula is C12H15N3O6. The normalized spacial score (nSPS) is 28.5. The summed E-state index contributed by atoms with van der Waals surface area (Å²) in [5, 5.41) is 37.1. The van der Waals surface area contributed by atoms with E-state index >= 15 is 0 Å². The fourth-order valence-electron chi connectivity index (χ4n) is 2.22. The topological polar surface area (TPSA) is 149 Å². The molecule has 0 saturated carbocycles. The number of hydrogen-bond acceptors (Lipinski definition) is 7. The number of aromatic amines is 1. The Hall–Kier alpha value is -1.99. The van der Waals surface area contributed by atoms with Gasteiger partial charge in [0.15, 0.2) is 0 Å². The first-order chi connectivity index (χ1) is 9.99. The van der Waals surface area contributed by atoms with Crippen LogP contribution in [0.15, 0.2) is 15.8 Å². The van der Waals surface area contributed by atoms with Crippen molar-refractivity contribution in [2.24, 2.45) is 0 Å². The molecule has 4 N–H and O–H groups in total. The molecule has 9 nitrogen and oxygen atoms in total. The summed E-state index contributed by atoms with van der Waals surface area (Å²) in [7, 11) is 0. The van der Waals surface area contributed by atoms with Gasteiger partial charge in [0.1, 0.15) is 24.4 Å². The van der Waals surface area contributed by atoms with Gasteiger partial charge in [0.2, 0.25) is 0 Å². The first-order valence-electron chi connectivity index (χ1n) is 6.32. The third-order valence-corrected chi connectivity index (χ3v) is 3.35. The van der Waals surface area contributed by atoms with Gasteiger partial charge < -0.3 is 20.1 Å². The Balaban J connectivity index is 2.38. The van der Waals surface area contributed by atoms with Gasteiger partial charge in [-0.2, -0.15) is 5.26 Å². The van der Waals surface area contributed by atoms with Crippen LogP contribution in [0.1, 0.15) is 18.1 Å². The molecule has 4 atom stereocenters. The Labute approximate surface area is 118 Å². The summed E-state index contributed by atoms with van der Waals surface area (Å²) >= 11 is 0. The van der Waals surface area contributed by atoms with Crippen LogP contribution in [0.25, 0.3) is 0 Å². The molecule has 1 fully saturated rings. The molecule has 114 valence electrons. The fraction of sp³-hybridized carbons (Fsp3) is 0.583. The molecule has 1 aromatic heterocycles. The molecule has 1 aliphatic heterocycles. The van der Waals surface area contributed by atoms with Crippen LogP contribution in [0.3, 0.4) is 0 Å². The second kappa shape index (κ2) is 6.19. The molecule has 21 heavy (non-hydrogen) atoms. The van der Waals surface area contributed by atoms with Crippen LogP contribution in [0, 0.1) is 11.3 Å². The van der Waals surface area contributed by atoms with Gasteiger partial charge in [0.05, 0.1) is 24.7 Å². The second-order valence-corrected chi connectivity index (χ2v) is 4.70. The molecule has 2 rings (SSSR count). The number of nitrogens with one attached hydrogen (secondary N) is 1. The lowest BCUT2D eigenvalue weighted by Crippen LogP contribution is -2.36. The number of aryl methyl sites for hydroxylation is 1. The first kappa shape index (κ1) is 15.4. The fourth-order valence-corrected chi connectivity index (χ4v) is 2.22. The molecule has 0 aromatic carbocycles. The lowest BCUT2D eigenvalue weighted by atomic mass is 10.0. The van der Waals surface area contributed by atoms with E-state index in [4.69, 9.17) is 15.1 Å². The zero-order valence-electron chi connectivity index (χ0n) is 11.0. The molecule has 1 aliphatic rings. The molecular weight excluding hydrogens is 282 g/mol. The number of aliphatic hydroxyl groups excluding tert-OH is 3. The first-order valence-corrected chi connectivity index (χ1v) is 6.32. The number of rotatable bonds is 4. The van der Waals surface area contributed by atoms with E-state index in [1.807, 2.05) is 6.07 Å². The molecule has 1 saturated heterocycles. The molecule has 2 heterocycles. The highest BCUT2D eigenvalue weighted by Gasteiger charge is 2.44. The average molecular weight is 297 g/mol. The largest absolute Gasteiger partial charge is 0.394 e. The van der Waals surface area contributed by atoms with Gasteiger partial charge in [-0.25, -0.2) is 4.79 Å². The standard InChI is InChI=1S/C12H15N3O6/c13-2-1-3-15-4-6(11(19)14-12(15)20)10-9(18)8(17)7(5-16)21-10/h4,7-10,16-18H,1,3,5H2,(H,14,19,20)/t7-,8-,9-,10+/m1/s1. The molecule has 0 spiro atoms. The number of H-pyrrole nitrogens is 1. The Bertz CT molecular complexity index is 660. The number of nitrogens with zero attached hydrogens (tertiary/aromatic N) is 2. The van der Waals surface area contributed by atoms with Crippen molar-refractivity contribution >= 4 is 0 Å². The van der Waals surface area contributed by atoms with Crippen LogP contribution < -0.4 is 11.2 Å². The molecule has 0 bridgehead atoms. The van der Waals surface area contributed by atoms with E-state index in [0.29, 0.717) is 0 Å². The molecule has 1 aromatic rings. The van der Waals surface area contributed by atoms with E-state index in [1.54, 1.807) is 0 Å². The maximum absolute atomic E-state index is 11.8. The summed E-state index contributed by atoms with van der Waals surface area (Å²) in [6.45, 7) is -0.436. The monoisotopic (exact) mass is 297 g/mol. The predicted molar refractivity (Wildman–Crippen MR) is 68.3 cm³/mol. The smallest absolute Gasteiger partial charge is 0.328 e. The number of aromatic nitrogens is 2. The van der Waals surface area contributed by atoms with Crippen molar-refractivity contribution in [1.29, 1.82) is 5.26 Å². The second-order valence-electron chi connectivity index (χ2n) is 4.70. The molecule has 0 amide bonds. The quantitative estimate of drug-likeness (QED) is 0.484. The van der Waals surface area contributed by atoms with Gasteiger partial charge in [-0.15, -0.1) is 0 Å². The highest BCUT2D eigenvalue weighted by molar-refractivity contribution is 5.14. The Morgan fingerprint density at radius 2 is 2.10 bits per heavy atom. The molecule has 0 unspecified atom stereocenters. The zero-order chi connectivity index (χ0) is 15.6. The van der Waals surface area contributed by atoms with Crippen molar-refractivity contribution in [2.75, 3.05) is 6.61 Å². The lowest BCUT2D eigenvalue weighted by Gasteiger charge is -2.15. The van der Waals surface area contributed by atoms with Gasteiger partial charge in [-0.05, 0) is 0 Å². The summed E-state index contributed by atoms with van der Waals surface area (Å²) in [5.41, 5.74) is -1.47. The van der Waals surface area contributed by atoms with Crippen molar-refractivity contribution in [2.45, 2.75) is 37.4 Å². The van der Waals surface area contributed by atoms with Crippen LogP contribution >= 0.6 is 0 Å². The number of ether oxygens (including phenoxy) is 1. The van der Waals surface area contributed by atoms with Gasteiger partial charge in [-0.3, -0.25) is 14.3 Å². The number of hydrogen-bond donors (Lipinski definition) is 4. The predicted octanol–water partition coefficient (Wildman–Crippen LogP) is -2.40. The third kappa shape index (κ3) is 2.88. The summed E-state index contributed by atoms with van der Waals surface area (Å²) < 4.78 is 6.37. The van der Waals surface area contributed by atoms with Crippen LogP contribution in [-0.4, -0.2) is 49.8 Å². The van der Waals surface area contributed by atoms with Gasteiger partial charge in [-0.1, -0.05) is 0 Å². The maximum Gasteiger partial charge on any atom is 0.328 e. The molecule has 0 aliphatic carbocycles. The minimum atomic E-state index is -1.40. The van der Waals surface area contributed by atoms with Gasteiger partial charge in [0, 0.05) is 12.7 Å². The minimum absolute atomic E-state index is 0.0463. The van der Waals surface area contributed by atoms with Crippen molar-refractivity contribution in [3.05, 3.63) is 32.6 Å². The van der Waals surface area contributed by atoms with E-state index in [0.717, 1.165) is 4.57 Å². The maximum atomic E-state index is 11.8. The number of nitriles is 1. The summed E-state index contributed by atoms with van der Waals surface area (Å²) in [6.07, 6.45) is -3.64. The van der Waals surface area contributed by atoms with Crippen molar-refractivity contribution in [3.8, 4) is 6.07 Å². The van der Waals surface area contributed by atoms with Crippen LogP contribution in [0.4, 0.5) is 0 Å². The number of aliphatic hydroxyl groups is 3. The van der Waals surface area contributed by atoms with E-state index in [-0.39, 0.29) is 18.5 Å². The minimum Gasteiger partial charge on any atom is -0.394 e. The van der Waals surface area contributed by atoms with Crippen molar-refractivity contribution in [1.82, 2.24) is 9.55 Å². The van der Waals surface area contributed by atoms with Gasteiger partial charge in [0.25, 0.3) is 5.56 Å². The molecule has 9 heteroatoms. The van der Waals surface area contributed by atoms with Gasteiger partial charge >= 0.3 is 5.69 Å². The molecule has 0 radical (unpaired) electrons.